The van der Waals surface area contributed by atoms with Crippen molar-refractivity contribution in [3.63, 3.8) is 0 Å². The molecule has 2 aliphatic rings. The van der Waals surface area contributed by atoms with E-state index in [9.17, 15) is 0 Å². The third-order valence-corrected chi connectivity index (χ3v) is 5.60. The molecule has 0 bridgehead atoms. The van der Waals surface area contributed by atoms with Crippen molar-refractivity contribution in [1.82, 2.24) is 9.80 Å². The Morgan fingerprint density at radius 3 is 2.05 bits per heavy atom. The maximum atomic E-state index is 2.46. The van der Waals surface area contributed by atoms with Gasteiger partial charge in [-0.05, 0) is 84.5 Å². The fraction of sp³-hybridized carbons (Fsp3) is 1.00. The molecule has 0 aromatic rings. The van der Waals surface area contributed by atoms with E-state index < -0.39 is 0 Å². The molecular weight excluding hydrogens is 232 g/mol. The topological polar surface area (TPSA) is 6.48 Å². The quantitative estimate of drug-likeness (QED) is 0.769. The van der Waals surface area contributed by atoms with Gasteiger partial charge in [-0.2, -0.15) is 0 Å². The molecule has 0 aliphatic heterocycles. The van der Waals surface area contributed by atoms with Gasteiger partial charge >= 0.3 is 0 Å². The molecule has 0 heterocycles. The highest BCUT2D eigenvalue weighted by atomic mass is 15.1. The first-order valence-corrected chi connectivity index (χ1v) is 8.37. The molecule has 0 saturated heterocycles. The van der Waals surface area contributed by atoms with E-state index in [1.54, 1.807) is 0 Å². The second kappa shape index (κ2) is 7.08. The number of nitrogens with zero attached hydrogens (tertiary/aromatic N) is 2. The molecule has 0 aromatic heterocycles. The molecule has 2 heteroatoms. The molecule has 19 heavy (non-hydrogen) atoms. The van der Waals surface area contributed by atoms with Crippen LogP contribution in [-0.2, 0) is 0 Å². The van der Waals surface area contributed by atoms with E-state index in [2.05, 4.69) is 38.0 Å². The van der Waals surface area contributed by atoms with Crippen molar-refractivity contribution >= 4 is 0 Å². The summed E-state index contributed by atoms with van der Waals surface area (Å²) in [6, 6.07) is 0.859. The molecule has 2 atom stereocenters. The number of hydrogen-bond donors (Lipinski definition) is 0. The van der Waals surface area contributed by atoms with Crippen LogP contribution >= 0.6 is 0 Å². The zero-order valence-electron chi connectivity index (χ0n) is 13.6. The summed E-state index contributed by atoms with van der Waals surface area (Å²) in [6.45, 7) is 1.30. The Balaban J connectivity index is 1.77. The van der Waals surface area contributed by atoms with Crippen LogP contribution in [0.4, 0.5) is 0 Å². The SMILES string of the molecule is CN(C)CC1CCC(C2CCCC(N(C)C)C2)CC1. The maximum Gasteiger partial charge on any atom is 0.00919 e. The fourth-order valence-electron chi connectivity index (χ4n) is 4.46. The van der Waals surface area contributed by atoms with E-state index in [1.165, 1.54) is 57.9 Å². The number of hydrogen-bond acceptors (Lipinski definition) is 2. The summed E-state index contributed by atoms with van der Waals surface area (Å²) in [6.07, 6.45) is 11.8. The van der Waals surface area contributed by atoms with Gasteiger partial charge in [-0.15, -0.1) is 0 Å². The predicted octanol–water partition coefficient (Wildman–Crippen LogP) is 3.47. The Morgan fingerprint density at radius 2 is 1.47 bits per heavy atom. The van der Waals surface area contributed by atoms with Gasteiger partial charge < -0.3 is 9.80 Å². The van der Waals surface area contributed by atoms with E-state index in [0.717, 1.165) is 23.8 Å². The maximum absolute atomic E-state index is 2.46. The number of rotatable bonds is 4. The van der Waals surface area contributed by atoms with E-state index in [-0.39, 0.29) is 0 Å². The monoisotopic (exact) mass is 266 g/mol. The molecule has 0 radical (unpaired) electrons. The highest BCUT2D eigenvalue weighted by molar-refractivity contribution is 4.85. The van der Waals surface area contributed by atoms with Crippen molar-refractivity contribution < 1.29 is 0 Å². The van der Waals surface area contributed by atoms with E-state index >= 15 is 0 Å². The van der Waals surface area contributed by atoms with Crippen molar-refractivity contribution in [2.75, 3.05) is 34.7 Å². The van der Waals surface area contributed by atoms with Crippen LogP contribution in [0.3, 0.4) is 0 Å². The Kier molecular flexibility index (Phi) is 5.70. The summed E-state index contributed by atoms with van der Waals surface area (Å²) in [7, 11) is 8.96. The Hall–Kier alpha value is -0.0800. The largest absolute Gasteiger partial charge is 0.309 e. The minimum Gasteiger partial charge on any atom is -0.309 e. The van der Waals surface area contributed by atoms with Crippen LogP contribution in [0, 0.1) is 17.8 Å². The minimum atomic E-state index is 0.859. The van der Waals surface area contributed by atoms with Crippen molar-refractivity contribution in [2.45, 2.75) is 57.4 Å². The molecular formula is C17H34N2. The summed E-state index contributed by atoms with van der Waals surface area (Å²) < 4.78 is 0. The fourth-order valence-corrected chi connectivity index (χ4v) is 4.46. The van der Waals surface area contributed by atoms with E-state index in [0.29, 0.717) is 0 Å². The zero-order valence-corrected chi connectivity index (χ0v) is 13.6. The van der Waals surface area contributed by atoms with Gasteiger partial charge in [-0.3, -0.25) is 0 Å². The Bertz CT molecular complexity index is 254. The molecule has 2 nitrogen and oxygen atoms in total. The summed E-state index contributed by atoms with van der Waals surface area (Å²) in [5.74, 6) is 3.04. The van der Waals surface area contributed by atoms with E-state index in [1.807, 2.05) is 0 Å². The lowest BCUT2D eigenvalue weighted by molar-refractivity contribution is 0.110. The van der Waals surface area contributed by atoms with Crippen LogP contribution in [-0.4, -0.2) is 50.6 Å². The third kappa shape index (κ3) is 4.46. The molecule has 112 valence electrons. The minimum absolute atomic E-state index is 0.859. The summed E-state index contributed by atoms with van der Waals surface area (Å²) in [4.78, 5) is 4.83. The predicted molar refractivity (Wildman–Crippen MR) is 83.4 cm³/mol. The molecule has 2 saturated carbocycles. The lowest BCUT2D eigenvalue weighted by atomic mass is 9.70. The molecule has 0 amide bonds. The molecule has 0 N–H and O–H groups in total. The smallest absolute Gasteiger partial charge is 0.00919 e. The molecule has 2 fully saturated rings. The Labute approximate surface area is 120 Å². The summed E-state index contributed by atoms with van der Waals surface area (Å²) >= 11 is 0. The van der Waals surface area contributed by atoms with Gasteiger partial charge in [0.1, 0.15) is 0 Å². The average molecular weight is 266 g/mol. The standard InChI is InChI=1S/C17H34N2/c1-18(2)13-14-8-10-15(11-9-14)16-6-5-7-17(12-16)19(3)4/h14-17H,5-13H2,1-4H3. The van der Waals surface area contributed by atoms with Gasteiger partial charge in [0.2, 0.25) is 0 Å². The average Bonchev–Trinajstić information content (AvgIpc) is 2.39. The molecule has 2 rings (SSSR count). The van der Waals surface area contributed by atoms with Gasteiger partial charge in [0.15, 0.2) is 0 Å². The second-order valence-corrected chi connectivity index (χ2v) is 7.59. The second-order valence-electron chi connectivity index (χ2n) is 7.59. The highest BCUT2D eigenvalue weighted by Crippen LogP contribution is 2.40. The molecule has 0 spiro atoms. The summed E-state index contributed by atoms with van der Waals surface area (Å²) in [5.41, 5.74) is 0. The van der Waals surface area contributed by atoms with Gasteiger partial charge in [0.05, 0.1) is 0 Å². The van der Waals surface area contributed by atoms with Crippen LogP contribution in [0.5, 0.6) is 0 Å². The van der Waals surface area contributed by atoms with E-state index in [4.69, 9.17) is 0 Å². The first kappa shape index (κ1) is 15.3. The highest BCUT2D eigenvalue weighted by Gasteiger charge is 2.32. The zero-order chi connectivity index (χ0) is 13.8. The van der Waals surface area contributed by atoms with Crippen LogP contribution in [0.15, 0.2) is 0 Å². The Morgan fingerprint density at radius 1 is 0.789 bits per heavy atom. The molecule has 2 aliphatic carbocycles. The summed E-state index contributed by atoms with van der Waals surface area (Å²) in [5, 5.41) is 0. The van der Waals surface area contributed by atoms with Gasteiger partial charge in [0, 0.05) is 12.6 Å². The van der Waals surface area contributed by atoms with Crippen molar-refractivity contribution in [3.05, 3.63) is 0 Å². The van der Waals surface area contributed by atoms with Gasteiger partial charge in [0.25, 0.3) is 0 Å². The third-order valence-electron chi connectivity index (χ3n) is 5.60. The van der Waals surface area contributed by atoms with Crippen LogP contribution < -0.4 is 0 Å². The van der Waals surface area contributed by atoms with Crippen LogP contribution in [0.2, 0.25) is 0 Å². The molecule has 2 unspecified atom stereocenters. The lowest BCUT2D eigenvalue weighted by Gasteiger charge is -2.40. The lowest BCUT2D eigenvalue weighted by Crippen LogP contribution is -2.36. The van der Waals surface area contributed by atoms with Gasteiger partial charge in [-0.25, -0.2) is 0 Å². The van der Waals surface area contributed by atoms with Crippen LogP contribution in [0.25, 0.3) is 0 Å². The van der Waals surface area contributed by atoms with Crippen molar-refractivity contribution in [2.24, 2.45) is 17.8 Å². The van der Waals surface area contributed by atoms with Crippen molar-refractivity contribution in [3.8, 4) is 0 Å². The van der Waals surface area contributed by atoms with Crippen LogP contribution in [0.1, 0.15) is 51.4 Å². The first-order chi connectivity index (χ1) is 9.06. The van der Waals surface area contributed by atoms with Crippen molar-refractivity contribution in [1.29, 1.82) is 0 Å². The first-order valence-electron chi connectivity index (χ1n) is 8.37. The van der Waals surface area contributed by atoms with Gasteiger partial charge in [-0.1, -0.05) is 12.8 Å². The normalized spacial score (nSPS) is 36.9. The molecule has 0 aromatic carbocycles.